The van der Waals surface area contributed by atoms with Crippen LogP contribution < -0.4 is 11.1 Å². The number of carbonyl (C=O) groups excluding carboxylic acids is 1. The zero-order valence-corrected chi connectivity index (χ0v) is 11.2. The lowest BCUT2D eigenvalue weighted by Crippen LogP contribution is -2.55. The van der Waals surface area contributed by atoms with E-state index in [1.54, 1.807) is 0 Å². The summed E-state index contributed by atoms with van der Waals surface area (Å²) in [5, 5.41) is 3.19. The van der Waals surface area contributed by atoms with Crippen molar-refractivity contribution < 1.29 is 9.53 Å². The molecule has 1 aliphatic rings. The van der Waals surface area contributed by atoms with Crippen LogP contribution in [0.1, 0.15) is 27.2 Å². The van der Waals surface area contributed by atoms with Crippen LogP contribution in [0.4, 0.5) is 0 Å². The number of morpholine rings is 1. The van der Waals surface area contributed by atoms with Crippen LogP contribution in [0.5, 0.6) is 0 Å². The first kappa shape index (κ1) is 14.4. The highest BCUT2D eigenvalue weighted by Gasteiger charge is 2.29. The quantitative estimate of drug-likeness (QED) is 0.686. The molecule has 0 radical (unpaired) electrons. The molecule has 1 heterocycles. The van der Waals surface area contributed by atoms with Gasteiger partial charge in [-0.25, -0.2) is 0 Å². The monoisotopic (exact) mass is 243 g/mol. The average Bonchev–Trinajstić information content (AvgIpc) is 2.22. The highest BCUT2D eigenvalue weighted by atomic mass is 16.5. The fourth-order valence-corrected chi connectivity index (χ4v) is 2.10. The molecular formula is C12H25N3O2. The maximum atomic E-state index is 11.3. The van der Waals surface area contributed by atoms with Crippen molar-refractivity contribution in [3.05, 3.63) is 0 Å². The summed E-state index contributed by atoms with van der Waals surface area (Å²) in [4.78, 5) is 13.6. The molecule has 0 bridgehead atoms. The first-order chi connectivity index (χ1) is 7.94. The summed E-state index contributed by atoms with van der Waals surface area (Å²) in [6.45, 7) is 10.1. The Kier molecular flexibility index (Phi) is 5.36. The minimum absolute atomic E-state index is 0.134. The van der Waals surface area contributed by atoms with E-state index in [-0.39, 0.29) is 17.6 Å². The largest absolute Gasteiger partial charge is 0.373 e. The highest BCUT2D eigenvalue weighted by molar-refractivity contribution is 5.80. The molecule has 1 amide bonds. The predicted octanol–water partition coefficient (Wildman–Crippen LogP) is -0.0493. The molecule has 5 heteroatoms. The molecule has 100 valence electrons. The van der Waals surface area contributed by atoms with Gasteiger partial charge in [0, 0.05) is 19.6 Å². The van der Waals surface area contributed by atoms with E-state index in [1.807, 2.05) is 0 Å². The number of carbonyl (C=O) groups is 1. The number of rotatable bonds is 6. The summed E-state index contributed by atoms with van der Waals surface area (Å²) >= 11 is 0. The van der Waals surface area contributed by atoms with Gasteiger partial charge in [-0.3, -0.25) is 9.69 Å². The topological polar surface area (TPSA) is 67.6 Å². The van der Waals surface area contributed by atoms with Gasteiger partial charge in [-0.15, -0.1) is 0 Å². The number of primary amides is 1. The molecule has 0 saturated carbocycles. The number of nitrogens with zero attached hydrogens (tertiary/aromatic N) is 1. The third-order valence-corrected chi connectivity index (χ3v) is 2.93. The Hall–Kier alpha value is -0.650. The number of nitrogens with two attached hydrogens (primary N) is 1. The van der Waals surface area contributed by atoms with Gasteiger partial charge in [0.25, 0.3) is 0 Å². The molecule has 0 aliphatic carbocycles. The van der Waals surface area contributed by atoms with E-state index in [2.05, 4.69) is 31.0 Å². The van der Waals surface area contributed by atoms with Crippen molar-refractivity contribution in [1.29, 1.82) is 0 Å². The summed E-state index contributed by atoms with van der Waals surface area (Å²) in [5.74, 6) is -0.275. The molecule has 5 nitrogen and oxygen atoms in total. The van der Waals surface area contributed by atoms with Gasteiger partial charge >= 0.3 is 0 Å². The van der Waals surface area contributed by atoms with Gasteiger partial charge in [0.2, 0.25) is 5.91 Å². The van der Waals surface area contributed by atoms with Crippen molar-refractivity contribution in [1.82, 2.24) is 10.2 Å². The number of nitrogens with one attached hydrogen (secondary N) is 1. The van der Waals surface area contributed by atoms with Crippen LogP contribution in [-0.4, -0.2) is 55.2 Å². The van der Waals surface area contributed by atoms with E-state index in [9.17, 15) is 4.79 Å². The number of amides is 1. The normalized spacial score (nSPS) is 22.3. The third-order valence-electron chi connectivity index (χ3n) is 2.93. The van der Waals surface area contributed by atoms with Crippen molar-refractivity contribution in [2.24, 2.45) is 5.73 Å². The van der Waals surface area contributed by atoms with Gasteiger partial charge in [0.1, 0.15) is 0 Å². The summed E-state index contributed by atoms with van der Waals surface area (Å²) in [7, 11) is 0. The molecule has 1 atom stereocenters. The molecular weight excluding hydrogens is 218 g/mol. The van der Waals surface area contributed by atoms with Gasteiger partial charge in [-0.2, -0.15) is 0 Å². The van der Waals surface area contributed by atoms with E-state index in [0.29, 0.717) is 13.2 Å². The average molecular weight is 243 g/mol. The second kappa shape index (κ2) is 6.33. The van der Waals surface area contributed by atoms with E-state index < -0.39 is 0 Å². The first-order valence-corrected chi connectivity index (χ1v) is 6.33. The Labute approximate surface area is 104 Å². The van der Waals surface area contributed by atoms with Crippen LogP contribution in [0.25, 0.3) is 0 Å². The van der Waals surface area contributed by atoms with E-state index >= 15 is 0 Å². The van der Waals surface area contributed by atoms with Gasteiger partial charge < -0.3 is 15.8 Å². The van der Waals surface area contributed by atoms with Gasteiger partial charge in [-0.05, 0) is 26.8 Å². The maximum absolute atomic E-state index is 11.3. The maximum Gasteiger partial charge on any atom is 0.235 e. The molecule has 0 spiro atoms. The number of ether oxygens (including phenoxy) is 1. The van der Waals surface area contributed by atoms with Crippen LogP contribution in [0, 0.1) is 0 Å². The molecule has 1 unspecified atom stereocenters. The van der Waals surface area contributed by atoms with E-state index in [1.165, 1.54) is 0 Å². The predicted molar refractivity (Wildman–Crippen MR) is 67.7 cm³/mol. The molecule has 3 N–H and O–H groups in total. The zero-order chi connectivity index (χ0) is 12.9. The van der Waals surface area contributed by atoms with Crippen molar-refractivity contribution in [2.45, 2.75) is 38.8 Å². The number of hydrogen-bond acceptors (Lipinski definition) is 4. The fraction of sp³-hybridized carbons (Fsp3) is 0.917. The SMILES string of the molecule is CCCNC(CN1CCOC(C)(C)C1)C(N)=O. The second-order valence-corrected chi connectivity index (χ2v) is 5.25. The van der Waals surface area contributed by atoms with Crippen molar-refractivity contribution in [2.75, 3.05) is 32.8 Å². The lowest BCUT2D eigenvalue weighted by Gasteiger charge is -2.39. The van der Waals surface area contributed by atoms with Crippen molar-refractivity contribution in [3.63, 3.8) is 0 Å². The number of hydrogen-bond donors (Lipinski definition) is 2. The minimum Gasteiger partial charge on any atom is -0.373 e. The lowest BCUT2D eigenvalue weighted by atomic mass is 10.1. The van der Waals surface area contributed by atoms with Crippen molar-refractivity contribution in [3.8, 4) is 0 Å². The van der Waals surface area contributed by atoms with E-state index in [0.717, 1.165) is 26.1 Å². The Morgan fingerprint density at radius 1 is 1.59 bits per heavy atom. The van der Waals surface area contributed by atoms with Crippen LogP contribution >= 0.6 is 0 Å². The molecule has 0 aromatic carbocycles. The van der Waals surface area contributed by atoms with Crippen LogP contribution in [0.15, 0.2) is 0 Å². The summed E-state index contributed by atoms with van der Waals surface area (Å²) in [6.07, 6.45) is 0.998. The Bertz CT molecular complexity index is 256. The fourth-order valence-electron chi connectivity index (χ4n) is 2.10. The Balaban J connectivity index is 2.46. The molecule has 1 aliphatic heterocycles. The minimum atomic E-state index is -0.275. The summed E-state index contributed by atoms with van der Waals surface area (Å²) in [5.41, 5.74) is 5.27. The van der Waals surface area contributed by atoms with Crippen molar-refractivity contribution >= 4 is 5.91 Å². The Morgan fingerprint density at radius 2 is 2.29 bits per heavy atom. The molecule has 1 saturated heterocycles. The zero-order valence-electron chi connectivity index (χ0n) is 11.2. The molecule has 0 aromatic heterocycles. The van der Waals surface area contributed by atoms with Gasteiger partial charge in [0.05, 0.1) is 18.2 Å². The molecule has 1 fully saturated rings. The highest BCUT2D eigenvalue weighted by Crippen LogP contribution is 2.16. The molecule has 17 heavy (non-hydrogen) atoms. The van der Waals surface area contributed by atoms with Crippen LogP contribution in [0.3, 0.4) is 0 Å². The first-order valence-electron chi connectivity index (χ1n) is 6.33. The van der Waals surface area contributed by atoms with Crippen LogP contribution in [-0.2, 0) is 9.53 Å². The molecule has 0 aromatic rings. The van der Waals surface area contributed by atoms with Crippen LogP contribution in [0.2, 0.25) is 0 Å². The third kappa shape index (κ3) is 5.02. The summed E-state index contributed by atoms with van der Waals surface area (Å²) in [6, 6.07) is -0.260. The van der Waals surface area contributed by atoms with Gasteiger partial charge in [0.15, 0.2) is 0 Å². The molecule has 1 rings (SSSR count). The van der Waals surface area contributed by atoms with E-state index in [4.69, 9.17) is 10.5 Å². The Morgan fingerprint density at radius 3 is 2.82 bits per heavy atom. The smallest absolute Gasteiger partial charge is 0.235 e. The summed E-state index contributed by atoms with van der Waals surface area (Å²) < 4.78 is 5.64. The van der Waals surface area contributed by atoms with Gasteiger partial charge in [-0.1, -0.05) is 6.92 Å². The second-order valence-electron chi connectivity index (χ2n) is 5.25. The lowest BCUT2D eigenvalue weighted by molar-refractivity contribution is -0.122. The standard InChI is InChI=1S/C12H25N3O2/c1-4-5-14-10(11(13)16)8-15-6-7-17-12(2,3)9-15/h10,14H,4-9H2,1-3H3,(H2,13,16).